The average Bonchev–Trinajstić information content (AvgIpc) is 3.00. The van der Waals surface area contributed by atoms with E-state index in [1.165, 1.54) is 5.56 Å². The van der Waals surface area contributed by atoms with Crippen LogP contribution < -0.4 is 10.5 Å². The number of fused-ring (bicyclic) bond motifs is 3. The monoisotopic (exact) mass is 304 g/mol. The Morgan fingerprint density at radius 3 is 2.70 bits per heavy atom. The lowest BCUT2D eigenvalue weighted by Crippen LogP contribution is -2.00. The zero-order valence-electron chi connectivity index (χ0n) is 12.7. The number of imidazole rings is 1. The van der Waals surface area contributed by atoms with Gasteiger partial charge in [-0.15, -0.1) is 0 Å². The molecule has 0 aliphatic carbocycles. The van der Waals surface area contributed by atoms with Gasteiger partial charge in [-0.05, 0) is 23.8 Å². The number of aromatic nitrogens is 3. The number of rotatable bonds is 3. The maximum Gasteiger partial charge on any atom is 0.206 e. The van der Waals surface area contributed by atoms with Gasteiger partial charge in [0.2, 0.25) is 5.95 Å². The zero-order chi connectivity index (χ0) is 15.8. The first kappa shape index (κ1) is 13.6. The van der Waals surface area contributed by atoms with Gasteiger partial charge in [-0.25, -0.2) is 9.97 Å². The fourth-order valence-electron chi connectivity index (χ4n) is 2.78. The summed E-state index contributed by atoms with van der Waals surface area (Å²) in [5.41, 5.74) is 9.87. The van der Waals surface area contributed by atoms with Gasteiger partial charge in [0.25, 0.3) is 0 Å². The van der Waals surface area contributed by atoms with Crippen LogP contribution in [0.15, 0.2) is 54.7 Å². The largest absolute Gasteiger partial charge is 0.497 e. The third-order valence-electron chi connectivity index (χ3n) is 3.91. The Morgan fingerprint density at radius 1 is 1.09 bits per heavy atom. The third-order valence-corrected chi connectivity index (χ3v) is 3.91. The van der Waals surface area contributed by atoms with Gasteiger partial charge in [-0.1, -0.05) is 30.3 Å². The molecule has 0 fully saturated rings. The highest BCUT2D eigenvalue weighted by atomic mass is 16.5. The topological polar surface area (TPSA) is 65.4 Å². The van der Waals surface area contributed by atoms with Crippen LogP contribution in [0.1, 0.15) is 11.3 Å². The van der Waals surface area contributed by atoms with Crippen molar-refractivity contribution in [2.45, 2.75) is 6.42 Å². The first-order valence-electron chi connectivity index (χ1n) is 7.40. The van der Waals surface area contributed by atoms with Crippen molar-refractivity contribution in [3.63, 3.8) is 0 Å². The average molecular weight is 304 g/mol. The van der Waals surface area contributed by atoms with Crippen LogP contribution in [0.3, 0.4) is 0 Å². The first-order chi connectivity index (χ1) is 11.2. The second-order valence-corrected chi connectivity index (χ2v) is 5.44. The van der Waals surface area contributed by atoms with Gasteiger partial charge in [0.05, 0.1) is 18.3 Å². The van der Waals surface area contributed by atoms with Crippen molar-refractivity contribution in [1.29, 1.82) is 0 Å². The summed E-state index contributed by atoms with van der Waals surface area (Å²) in [6.07, 6.45) is 2.71. The molecule has 4 rings (SSSR count). The smallest absolute Gasteiger partial charge is 0.206 e. The Kier molecular flexibility index (Phi) is 3.12. The van der Waals surface area contributed by atoms with Crippen molar-refractivity contribution in [3.8, 4) is 5.75 Å². The number of benzene rings is 2. The molecule has 5 heteroatoms. The molecule has 0 aliphatic heterocycles. The van der Waals surface area contributed by atoms with Gasteiger partial charge in [-0.2, -0.15) is 0 Å². The van der Waals surface area contributed by atoms with Gasteiger partial charge in [-0.3, -0.25) is 4.40 Å². The maximum absolute atomic E-state index is 6.08. The maximum atomic E-state index is 6.08. The fourth-order valence-corrected chi connectivity index (χ4v) is 2.78. The lowest BCUT2D eigenvalue weighted by molar-refractivity contribution is 0.415. The van der Waals surface area contributed by atoms with Crippen molar-refractivity contribution in [1.82, 2.24) is 14.4 Å². The van der Waals surface area contributed by atoms with Crippen LogP contribution in [0.25, 0.3) is 16.6 Å². The standard InChI is InChI=1S/C18H16N4O/c1-23-14-7-8-16-15(10-14)17-20-13(11-22(17)18(19)21-16)9-12-5-3-2-4-6-12/h2-8,10-11H,9H2,1H3,(H2,19,21). The molecule has 5 nitrogen and oxygen atoms in total. The van der Waals surface area contributed by atoms with E-state index in [4.69, 9.17) is 15.5 Å². The van der Waals surface area contributed by atoms with Crippen LogP contribution >= 0.6 is 0 Å². The van der Waals surface area contributed by atoms with E-state index in [9.17, 15) is 0 Å². The lowest BCUT2D eigenvalue weighted by atomic mass is 10.1. The number of nitrogens with two attached hydrogens (primary N) is 1. The van der Waals surface area contributed by atoms with E-state index in [-0.39, 0.29) is 0 Å². The summed E-state index contributed by atoms with van der Waals surface area (Å²) in [5, 5.41) is 0.929. The first-order valence-corrected chi connectivity index (χ1v) is 7.40. The molecule has 0 radical (unpaired) electrons. The molecular weight excluding hydrogens is 288 g/mol. The number of ether oxygens (including phenoxy) is 1. The SMILES string of the molecule is COc1ccc2nc(N)n3cc(Cc4ccccc4)nc3c2c1. The lowest BCUT2D eigenvalue weighted by Gasteiger charge is -2.05. The molecule has 0 unspecified atom stereocenters. The van der Waals surface area contributed by atoms with Crippen molar-refractivity contribution < 1.29 is 4.74 Å². The number of methoxy groups -OCH3 is 1. The van der Waals surface area contributed by atoms with Crippen molar-refractivity contribution in [3.05, 3.63) is 66.0 Å². The highest BCUT2D eigenvalue weighted by Gasteiger charge is 2.11. The van der Waals surface area contributed by atoms with Crippen LogP contribution in [0, 0.1) is 0 Å². The minimum absolute atomic E-state index is 0.435. The number of anilines is 1. The molecule has 0 atom stereocenters. The molecule has 2 heterocycles. The summed E-state index contributed by atoms with van der Waals surface area (Å²) in [6, 6.07) is 16.0. The van der Waals surface area contributed by atoms with Gasteiger partial charge >= 0.3 is 0 Å². The Balaban J connectivity index is 1.89. The minimum atomic E-state index is 0.435. The molecule has 0 aliphatic rings. The molecule has 4 aromatic rings. The summed E-state index contributed by atoms with van der Waals surface area (Å²) >= 11 is 0. The predicted molar refractivity (Wildman–Crippen MR) is 90.7 cm³/mol. The molecule has 23 heavy (non-hydrogen) atoms. The van der Waals surface area contributed by atoms with E-state index in [2.05, 4.69) is 17.1 Å². The summed E-state index contributed by atoms with van der Waals surface area (Å²) in [5.74, 6) is 1.21. The Bertz CT molecular complexity index is 992. The van der Waals surface area contributed by atoms with Gasteiger partial charge in [0, 0.05) is 18.0 Å². The van der Waals surface area contributed by atoms with E-state index < -0.39 is 0 Å². The minimum Gasteiger partial charge on any atom is -0.497 e. The molecule has 0 saturated carbocycles. The fraction of sp³-hybridized carbons (Fsp3) is 0.111. The molecule has 114 valence electrons. The van der Waals surface area contributed by atoms with E-state index in [0.717, 1.165) is 34.4 Å². The highest BCUT2D eigenvalue weighted by molar-refractivity contribution is 5.93. The van der Waals surface area contributed by atoms with Crippen LogP contribution in [-0.2, 0) is 6.42 Å². The molecule has 0 amide bonds. The van der Waals surface area contributed by atoms with Crippen LogP contribution in [-0.4, -0.2) is 21.5 Å². The third kappa shape index (κ3) is 2.36. The second kappa shape index (κ2) is 5.28. The Morgan fingerprint density at radius 2 is 1.91 bits per heavy atom. The Labute approximate surface area is 133 Å². The number of hydrogen-bond donors (Lipinski definition) is 1. The summed E-state index contributed by atoms with van der Waals surface area (Å²) < 4.78 is 7.14. The summed E-state index contributed by atoms with van der Waals surface area (Å²) in [4.78, 5) is 9.20. The van der Waals surface area contributed by atoms with Crippen molar-refractivity contribution >= 4 is 22.5 Å². The van der Waals surface area contributed by atoms with Gasteiger partial charge in [0.15, 0.2) is 0 Å². The van der Waals surface area contributed by atoms with Crippen molar-refractivity contribution in [2.75, 3.05) is 12.8 Å². The number of nitrogens with zero attached hydrogens (tertiary/aromatic N) is 3. The Hall–Kier alpha value is -3.08. The molecule has 2 N–H and O–H groups in total. The van der Waals surface area contributed by atoms with Crippen LogP contribution in [0.4, 0.5) is 5.95 Å². The van der Waals surface area contributed by atoms with E-state index in [1.807, 2.05) is 47.0 Å². The molecule has 0 bridgehead atoms. The molecule has 0 saturated heterocycles. The second-order valence-electron chi connectivity index (χ2n) is 5.44. The molecule has 0 spiro atoms. The van der Waals surface area contributed by atoms with Gasteiger partial charge < -0.3 is 10.5 Å². The summed E-state index contributed by atoms with van der Waals surface area (Å²) in [7, 11) is 1.65. The van der Waals surface area contributed by atoms with Gasteiger partial charge in [0.1, 0.15) is 11.4 Å². The molecular formula is C18H16N4O. The number of nitrogen functional groups attached to an aromatic ring is 1. The quantitative estimate of drug-likeness (QED) is 0.632. The normalized spacial score (nSPS) is 11.2. The summed E-state index contributed by atoms with van der Waals surface area (Å²) in [6.45, 7) is 0. The predicted octanol–water partition coefficient (Wildman–Crippen LogP) is 3.06. The van der Waals surface area contributed by atoms with Crippen LogP contribution in [0.5, 0.6) is 5.75 Å². The zero-order valence-corrected chi connectivity index (χ0v) is 12.7. The highest BCUT2D eigenvalue weighted by Crippen LogP contribution is 2.25. The molecule has 2 aromatic carbocycles. The van der Waals surface area contributed by atoms with Crippen molar-refractivity contribution in [2.24, 2.45) is 0 Å². The van der Waals surface area contributed by atoms with E-state index in [0.29, 0.717) is 5.95 Å². The van der Waals surface area contributed by atoms with E-state index in [1.54, 1.807) is 7.11 Å². The molecule has 2 aromatic heterocycles. The van der Waals surface area contributed by atoms with E-state index >= 15 is 0 Å². The number of hydrogen-bond acceptors (Lipinski definition) is 4. The van der Waals surface area contributed by atoms with Crippen LogP contribution in [0.2, 0.25) is 0 Å².